The van der Waals surface area contributed by atoms with E-state index in [4.69, 9.17) is 11.6 Å². The van der Waals surface area contributed by atoms with Crippen molar-refractivity contribution in [2.75, 3.05) is 11.9 Å². The van der Waals surface area contributed by atoms with Crippen LogP contribution < -0.4 is 5.32 Å². The molecule has 132 valence electrons. The summed E-state index contributed by atoms with van der Waals surface area (Å²) >= 11 is 5.53. The number of alkyl halides is 3. The molecule has 0 saturated heterocycles. The van der Waals surface area contributed by atoms with Crippen molar-refractivity contribution in [3.63, 3.8) is 0 Å². The van der Waals surface area contributed by atoms with Gasteiger partial charge in [0, 0.05) is 36.3 Å². The number of anilines is 1. The van der Waals surface area contributed by atoms with Gasteiger partial charge in [-0.05, 0) is 30.3 Å². The minimum atomic E-state index is -4.57. The second-order valence-electron chi connectivity index (χ2n) is 5.10. The molecule has 0 aliphatic heterocycles. The number of hydrogen-bond acceptors (Lipinski definition) is 4. The van der Waals surface area contributed by atoms with Gasteiger partial charge in [0.2, 0.25) is 0 Å². The number of nitrogens with one attached hydrogen (secondary N) is 1. The van der Waals surface area contributed by atoms with Gasteiger partial charge in [-0.25, -0.2) is 0 Å². The highest BCUT2D eigenvalue weighted by atomic mass is 35.5. The Morgan fingerprint density at radius 3 is 2.36 bits per heavy atom. The monoisotopic (exact) mass is 372 g/mol. The Bertz CT molecular complexity index is 792. The van der Waals surface area contributed by atoms with Gasteiger partial charge in [0.1, 0.15) is 0 Å². The highest BCUT2D eigenvalue weighted by Gasteiger charge is 2.33. The van der Waals surface area contributed by atoms with E-state index in [9.17, 15) is 28.1 Å². The number of nitro benzene ring substituents is 1. The largest absolute Gasteiger partial charge is 0.417 e. The van der Waals surface area contributed by atoms with Crippen molar-refractivity contribution >= 4 is 28.8 Å². The maximum atomic E-state index is 12.8. The lowest BCUT2D eigenvalue weighted by atomic mass is 10.1. The van der Waals surface area contributed by atoms with Crippen LogP contribution >= 0.6 is 11.6 Å². The van der Waals surface area contributed by atoms with E-state index in [2.05, 4.69) is 5.32 Å². The highest BCUT2D eigenvalue weighted by molar-refractivity contribution is 6.31. The van der Waals surface area contributed by atoms with Crippen LogP contribution in [-0.4, -0.2) is 17.3 Å². The summed E-state index contributed by atoms with van der Waals surface area (Å²) in [6.45, 7) is 0.106. The summed E-state index contributed by atoms with van der Waals surface area (Å²) in [6, 6.07) is 8.50. The molecule has 0 saturated carbocycles. The standard InChI is InChI=1S/C16H12ClF3N2O3/c17-14-6-3-11(9-13(14)16(18,19)20)21-8-7-15(23)10-1-4-12(5-2-10)22(24)25/h1-6,9,21H,7-8H2. The first-order valence-corrected chi connectivity index (χ1v) is 7.44. The normalized spacial score (nSPS) is 11.2. The lowest BCUT2D eigenvalue weighted by Crippen LogP contribution is -2.11. The van der Waals surface area contributed by atoms with E-state index in [-0.39, 0.29) is 30.1 Å². The van der Waals surface area contributed by atoms with Crippen LogP contribution in [0.25, 0.3) is 0 Å². The fourth-order valence-electron chi connectivity index (χ4n) is 2.09. The average Bonchev–Trinajstić information content (AvgIpc) is 2.55. The zero-order valence-corrected chi connectivity index (χ0v) is 13.4. The quantitative estimate of drug-likeness (QED) is 0.442. The van der Waals surface area contributed by atoms with Crippen LogP contribution in [0.2, 0.25) is 5.02 Å². The molecule has 0 amide bonds. The topological polar surface area (TPSA) is 72.2 Å². The molecule has 0 aliphatic rings. The molecule has 9 heteroatoms. The molecule has 0 aromatic heterocycles. The minimum absolute atomic E-state index is 0.0157. The van der Waals surface area contributed by atoms with Crippen LogP contribution in [0.1, 0.15) is 22.3 Å². The lowest BCUT2D eigenvalue weighted by Gasteiger charge is -2.12. The third kappa shape index (κ3) is 4.93. The maximum Gasteiger partial charge on any atom is 0.417 e. The van der Waals surface area contributed by atoms with Crippen LogP contribution in [0.5, 0.6) is 0 Å². The molecule has 0 atom stereocenters. The van der Waals surface area contributed by atoms with Crippen LogP contribution in [0.3, 0.4) is 0 Å². The lowest BCUT2D eigenvalue weighted by molar-refractivity contribution is -0.384. The summed E-state index contributed by atoms with van der Waals surface area (Å²) in [5.41, 5.74) is -0.607. The highest BCUT2D eigenvalue weighted by Crippen LogP contribution is 2.36. The van der Waals surface area contributed by atoms with Gasteiger partial charge in [-0.2, -0.15) is 13.2 Å². The molecule has 0 radical (unpaired) electrons. The molecule has 2 aromatic carbocycles. The number of carbonyl (C=O) groups is 1. The van der Waals surface area contributed by atoms with Crippen molar-refractivity contribution in [1.29, 1.82) is 0 Å². The molecule has 0 unspecified atom stereocenters. The number of rotatable bonds is 6. The van der Waals surface area contributed by atoms with Crippen molar-refractivity contribution < 1.29 is 22.9 Å². The smallest absolute Gasteiger partial charge is 0.385 e. The van der Waals surface area contributed by atoms with E-state index >= 15 is 0 Å². The average molecular weight is 373 g/mol. The first-order chi connectivity index (χ1) is 11.7. The van der Waals surface area contributed by atoms with Crippen molar-refractivity contribution in [2.45, 2.75) is 12.6 Å². The van der Waals surface area contributed by atoms with E-state index in [1.54, 1.807) is 0 Å². The summed E-state index contributed by atoms with van der Waals surface area (Å²) in [7, 11) is 0. The van der Waals surface area contributed by atoms with E-state index in [1.165, 1.54) is 30.3 Å². The number of halogens is 4. The number of hydrogen-bond donors (Lipinski definition) is 1. The third-order valence-corrected chi connectivity index (χ3v) is 3.68. The Morgan fingerprint density at radius 2 is 1.80 bits per heavy atom. The number of non-ortho nitro benzene ring substituents is 1. The molecular formula is C16H12ClF3N2O3. The Morgan fingerprint density at radius 1 is 1.16 bits per heavy atom. The number of benzene rings is 2. The first kappa shape index (κ1) is 18.7. The van der Waals surface area contributed by atoms with Crippen LogP contribution in [0, 0.1) is 10.1 Å². The molecular weight excluding hydrogens is 361 g/mol. The molecule has 0 fully saturated rings. The third-order valence-electron chi connectivity index (χ3n) is 3.35. The molecule has 2 aromatic rings. The summed E-state index contributed by atoms with van der Waals surface area (Å²) in [5, 5.41) is 12.9. The van der Waals surface area contributed by atoms with Gasteiger partial charge >= 0.3 is 6.18 Å². The van der Waals surface area contributed by atoms with Gasteiger partial charge in [-0.15, -0.1) is 0 Å². The van der Waals surface area contributed by atoms with E-state index < -0.39 is 21.7 Å². The summed E-state index contributed by atoms with van der Waals surface area (Å²) < 4.78 is 38.3. The van der Waals surface area contributed by atoms with Gasteiger partial charge in [-0.3, -0.25) is 14.9 Å². The number of carbonyl (C=O) groups excluding carboxylic acids is 1. The van der Waals surface area contributed by atoms with Crippen molar-refractivity contribution in [3.05, 3.63) is 68.7 Å². The van der Waals surface area contributed by atoms with E-state index in [0.717, 1.165) is 12.1 Å². The fraction of sp³-hybridized carbons (Fsp3) is 0.188. The van der Waals surface area contributed by atoms with Crippen molar-refractivity contribution in [3.8, 4) is 0 Å². The Kier molecular flexibility index (Phi) is 5.63. The van der Waals surface area contributed by atoms with Gasteiger partial charge < -0.3 is 5.32 Å². The Labute approximate surface area is 145 Å². The molecule has 0 heterocycles. The van der Waals surface area contributed by atoms with Crippen molar-refractivity contribution in [1.82, 2.24) is 0 Å². The fourth-order valence-corrected chi connectivity index (χ4v) is 2.31. The zero-order chi connectivity index (χ0) is 18.6. The molecule has 5 nitrogen and oxygen atoms in total. The van der Waals surface area contributed by atoms with E-state index in [0.29, 0.717) is 5.56 Å². The van der Waals surface area contributed by atoms with Crippen LogP contribution in [0.4, 0.5) is 24.5 Å². The van der Waals surface area contributed by atoms with Gasteiger partial charge in [-0.1, -0.05) is 11.6 Å². The molecule has 25 heavy (non-hydrogen) atoms. The number of Topliss-reactive ketones (excluding diaryl/α,β-unsaturated/α-hetero) is 1. The molecule has 0 bridgehead atoms. The van der Waals surface area contributed by atoms with Gasteiger partial charge in [0.05, 0.1) is 15.5 Å². The Hall–Kier alpha value is -2.61. The predicted octanol–water partition coefficient (Wildman–Crippen LogP) is 4.95. The minimum Gasteiger partial charge on any atom is -0.385 e. The molecule has 0 aliphatic carbocycles. The number of ketones is 1. The Balaban J connectivity index is 1.96. The summed E-state index contributed by atoms with van der Waals surface area (Å²) in [5.74, 6) is -0.285. The maximum absolute atomic E-state index is 12.8. The van der Waals surface area contributed by atoms with Crippen LogP contribution in [0.15, 0.2) is 42.5 Å². The molecule has 1 N–H and O–H groups in total. The molecule has 0 spiro atoms. The molecule has 2 rings (SSSR count). The van der Waals surface area contributed by atoms with E-state index in [1.807, 2.05) is 0 Å². The SMILES string of the molecule is O=C(CCNc1ccc(Cl)c(C(F)(F)F)c1)c1ccc([N+](=O)[O-])cc1. The van der Waals surface area contributed by atoms with Gasteiger partial charge in [0.15, 0.2) is 5.78 Å². The van der Waals surface area contributed by atoms with Crippen LogP contribution in [-0.2, 0) is 6.18 Å². The predicted molar refractivity (Wildman–Crippen MR) is 87.0 cm³/mol. The zero-order valence-electron chi connectivity index (χ0n) is 12.6. The first-order valence-electron chi connectivity index (χ1n) is 7.07. The summed E-state index contributed by atoms with van der Waals surface area (Å²) in [6.07, 6.45) is -4.55. The second kappa shape index (κ2) is 7.52. The summed E-state index contributed by atoms with van der Waals surface area (Å²) in [4.78, 5) is 22.0. The van der Waals surface area contributed by atoms with Gasteiger partial charge in [0.25, 0.3) is 5.69 Å². The number of nitro groups is 1. The second-order valence-corrected chi connectivity index (χ2v) is 5.50. The number of nitrogens with zero attached hydrogens (tertiary/aromatic N) is 1. The van der Waals surface area contributed by atoms with Crippen molar-refractivity contribution in [2.24, 2.45) is 0 Å².